The third-order valence-corrected chi connectivity index (χ3v) is 3.97. The topological polar surface area (TPSA) is 77.3 Å². The van der Waals surface area contributed by atoms with Gasteiger partial charge < -0.3 is 0 Å². The second kappa shape index (κ2) is 6.21. The first-order valence-corrected chi connectivity index (χ1v) is 7.11. The standard InChI is InChI=1S/C14H11NO4S/c16-14(10-20(19)13-7-2-1-3-8-13)11-5-4-6-12(9-11)15(17)18/h1-9H,10H2. The molecule has 0 amide bonds. The molecule has 0 aliphatic heterocycles. The summed E-state index contributed by atoms with van der Waals surface area (Å²) >= 11 is 0. The summed E-state index contributed by atoms with van der Waals surface area (Å²) in [5.74, 6) is -0.568. The van der Waals surface area contributed by atoms with E-state index in [2.05, 4.69) is 0 Å². The second-order valence-electron chi connectivity index (χ2n) is 4.03. The molecule has 2 aromatic rings. The van der Waals surface area contributed by atoms with Crippen LogP contribution in [0.5, 0.6) is 0 Å². The number of nitro benzene ring substituents is 1. The SMILES string of the molecule is O=C(CS(=O)c1ccccc1)c1cccc([N+](=O)[O-])c1. The molecule has 0 saturated carbocycles. The molecule has 0 N–H and O–H groups in total. The maximum absolute atomic E-state index is 12.0. The molecule has 2 rings (SSSR count). The van der Waals surface area contributed by atoms with Crippen LogP contribution in [0.3, 0.4) is 0 Å². The highest BCUT2D eigenvalue weighted by Crippen LogP contribution is 2.15. The lowest BCUT2D eigenvalue weighted by Crippen LogP contribution is -2.11. The van der Waals surface area contributed by atoms with E-state index in [0.717, 1.165) is 0 Å². The monoisotopic (exact) mass is 289 g/mol. The van der Waals surface area contributed by atoms with Crippen LogP contribution in [0.25, 0.3) is 0 Å². The van der Waals surface area contributed by atoms with Gasteiger partial charge in [0.2, 0.25) is 0 Å². The van der Waals surface area contributed by atoms with Crippen LogP contribution in [-0.2, 0) is 10.8 Å². The Morgan fingerprint density at radius 3 is 2.45 bits per heavy atom. The van der Waals surface area contributed by atoms with E-state index in [1.54, 1.807) is 30.3 Å². The van der Waals surface area contributed by atoms with Crippen LogP contribution in [0.4, 0.5) is 5.69 Å². The first-order valence-electron chi connectivity index (χ1n) is 5.79. The smallest absolute Gasteiger partial charge is 0.270 e. The van der Waals surface area contributed by atoms with Gasteiger partial charge in [0, 0.05) is 22.6 Å². The van der Waals surface area contributed by atoms with E-state index in [0.29, 0.717) is 4.90 Å². The summed E-state index contributed by atoms with van der Waals surface area (Å²) < 4.78 is 12.0. The molecule has 0 spiro atoms. The predicted molar refractivity (Wildman–Crippen MR) is 75.1 cm³/mol. The molecule has 20 heavy (non-hydrogen) atoms. The summed E-state index contributed by atoms with van der Waals surface area (Å²) in [4.78, 5) is 22.6. The molecule has 6 heteroatoms. The number of nitro groups is 1. The van der Waals surface area contributed by atoms with Crippen LogP contribution in [0.1, 0.15) is 10.4 Å². The van der Waals surface area contributed by atoms with Gasteiger partial charge in [0.05, 0.1) is 21.5 Å². The van der Waals surface area contributed by atoms with Gasteiger partial charge >= 0.3 is 0 Å². The number of rotatable bonds is 5. The van der Waals surface area contributed by atoms with E-state index in [-0.39, 0.29) is 22.8 Å². The van der Waals surface area contributed by atoms with Gasteiger partial charge in [-0.2, -0.15) is 0 Å². The highest BCUT2D eigenvalue weighted by Gasteiger charge is 2.15. The Morgan fingerprint density at radius 1 is 1.10 bits per heavy atom. The predicted octanol–water partition coefficient (Wildman–Crippen LogP) is 2.59. The van der Waals surface area contributed by atoms with Crippen molar-refractivity contribution in [1.29, 1.82) is 0 Å². The number of benzene rings is 2. The molecule has 5 nitrogen and oxygen atoms in total. The van der Waals surface area contributed by atoms with Crippen molar-refractivity contribution in [2.75, 3.05) is 5.75 Å². The van der Waals surface area contributed by atoms with Crippen LogP contribution in [0, 0.1) is 10.1 Å². The molecule has 0 aromatic heterocycles. The fourth-order valence-corrected chi connectivity index (χ4v) is 2.68. The molecule has 1 unspecified atom stereocenters. The second-order valence-corrected chi connectivity index (χ2v) is 5.48. The van der Waals surface area contributed by atoms with Gasteiger partial charge in [0.25, 0.3) is 5.69 Å². The molecule has 0 radical (unpaired) electrons. The van der Waals surface area contributed by atoms with Crippen LogP contribution in [0.15, 0.2) is 59.5 Å². The van der Waals surface area contributed by atoms with Gasteiger partial charge in [-0.25, -0.2) is 0 Å². The van der Waals surface area contributed by atoms with E-state index in [1.165, 1.54) is 24.3 Å². The molecular weight excluding hydrogens is 278 g/mol. The zero-order valence-corrected chi connectivity index (χ0v) is 11.2. The fourth-order valence-electron chi connectivity index (χ4n) is 1.65. The Morgan fingerprint density at radius 2 is 1.80 bits per heavy atom. The van der Waals surface area contributed by atoms with Gasteiger partial charge in [-0.1, -0.05) is 30.3 Å². The maximum Gasteiger partial charge on any atom is 0.270 e. The van der Waals surface area contributed by atoms with Crippen molar-refractivity contribution in [1.82, 2.24) is 0 Å². The van der Waals surface area contributed by atoms with Crippen molar-refractivity contribution in [3.63, 3.8) is 0 Å². The lowest BCUT2D eigenvalue weighted by atomic mass is 10.1. The number of Topliss-reactive ketones (excluding diaryl/α,β-unsaturated/α-hetero) is 1. The first kappa shape index (κ1) is 14.1. The molecule has 0 aliphatic carbocycles. The molecule has 0 bridgehead atoms. The Hall–Kier alpha value is -2.34. The number of ketones is 1. The van der Waals surface area contributed by atoms with Crippen molar-refractivity contribution in [2.45, 2.75) is 4.90 Å². The highest BCUT2D eigenvalue weighted by molar-refractivity contribution is 7.85. The minimum absolute atomic E-state index is 0.152. The quantitative estimate of drug-likeness (QED) is 0.481. The van der Waals surface area contributed by atoms with E-state index in [9.17, 15) is 19.1 Å². The largest absolute Gasteiger partial charge is 0.293 e. The molecule has 102 valence electrons. The Bertz CT molecular complexity index is 670. The summed E-state index contributed by atoms with van der Waals surface area (Å²) in [6, 6.07) is 14.1. The van der Waals surface area contributed by atoms with Crippen molar-refractivity contribution < 1.29 is 13.9 Å². The molecule has 1 atom stereocenters. The average molecular weight is 289 g/mol. The Balaban J connectivity index is 2.15. The Labute approximate surface area is 117 Å². The van der Waals surface area contributed by atoms with E-state index >= 15 is 0 Å². The summed E-state index contributed by atoms with van der Waals surface area (Å²) in [5, 5.41) is 10.7. The van der Waals surface area contributed by atoms with Crippen LogP contribution in [-0.4, -0.2) is 20.7 Å². The zero-order valence-electron chi connectivity index (χ0n) is 10.4. The van der Waals surface area contributed by atoms with Crippen LogP contribution < -0.4 is 0 Å². The normalized spacial score (nSPS) is 11.8. The van der Waals surface area contributed by atoms with E-state index in [1.807, 2.05) is 0 Å². The van der Waals surface area contributed by atoms with Crippen molar-refractivity contribution >= 4 is 22.3 Å². The van der Waals surface area contributed by atoms with Gasteiger partial charge in [0.15, 0.2) is 5.78 Å². The third kappa shape index (κ3) is 3.36. The number of carbonyl (C=O) groups excluding carboxylic acids is 1. The number of hydrogen-bond acceptors (Lipinski definition) is 4. The van der Waals surface area contributed by atoms with Crippen molar-refractivity contribution in [2.24, 2.45) is 0 Å². The van der Waals surface area contributed by atoms with E-state index < -0.39 is 15.7 Å². The molecular formula is C14H11NO4S. The van der Waals surface area contributed by atoms with Crippen LogP contribution in [0.2, 0.25) is 0 Å². The first-order chi connectivity index (χ1) is 9.58. The average Bonchev–Trinajstić information content (AvgIpc) is 2.48. The van der Waals surface area contributed by atoms with Crippen molar-refractivity contribution in [3.05, 3.63) is 70.3 Å². The zero-order chi connectivity index (χ0) is 14.5. The minimum Gasteiger partial charge on any atom is -0.293 e. The number of hydrogen-bond donors (Lipinski definition) is 0. The maximum atomic E-state index is 12.0. The van der Waals surface area contributed by atoms with Crippen LogP contribution >= 0.6 is 0 Å². The van der Waals surface area contributed by atoms with Gasteiger partial charge in [0.1, 0.15) is 0 Å². The fraction of sp³-hybridized carbons (Fsp3) is 0.0714. The minimum atomic E-state index is -1.45. The van der Waals surface area contributed by atoms with E-state index in [4.69, 9.17) is 0 Å². The third-order valence-electron chi connectivity index (χ3n) is 2.65. The molecule has 0 aliphatic rings. The molecule has 0 fully saturated rings. The number of nitrogens with zero attached hydrogens (tertiary/aromatic N) is 1. The summed E-state index contributed by atoms with van der Waals surface area (Å²) in [6.45, 7) is 0. The highest BCUT2D eigenvalue weighted by atomic mass is 32.2. The summed E-state index contributed by atoms with van der Waals surface area (Å²) in [6.07, 6.45) is 0. The van der Waals surface area contributed by atoms with Gasteiger partial charge in [-0.15, -0.1) is 0 Å². The molecule has 0 heterocycles. The number of carbonyl (C=O) groups is 1. The molecule has 2 aromatic carbocycles. The summed E-state index contributed by atoms with van der Waals surface area (Å²) in [5.41, 5.74) is 0.0461. The lowest BCUT2D eigenvalue weighted by Gasteiger charge is -2.02. The lowest BCUT2D eigenvalue weighted by molar-refractivity contribution is -0.384. The Kier molecular flexibility index (Phi) is 4.37. The van der Waals surface area contributed by atoms with Gasteiger partial charge in [-0.05, 0) is 12.1 Å². The summed E-state index contributed by atoms with van der Waals surface area (Å²) in [7, 11) is -1.45. The number of non-ortho nitro benzene ring substituents is 1. The van der Waals surface area contributed by atoms with Gasteiger partial charge in [-0.3, -0.25) is 19.1 Å². The molecule has 0 saturated heterocycles. The van der Waals surface area contributed by atoms with Crippen molar-refractivity contribution in [3.8, 4) is 0 Å².